The standard InChI is InChI=1S/C24H34N4O5/c1-13(2)8-11-28-18(20(30)26-22(4,5)6)24-10-9-23(7,33-24)16(17(24)21(28)31)19(29)25-15-12-14(3)32-27-15/h9-10,12-13,16-18H,8,11H2,1-7H3,(H,26,30)(H,25,27,29). The molecular formula is C24H34N4O5. The van der Waals surface area contributed by atoms with E-state index in [1.165, 1.54) is 0 Å². The summed E-state index contributed by atoms with van der Waals surface area (Å²) in [5.41, 5.74) is -2.68. The third-order valence-electron chi connectivity index (χ3n) is 6.65. The number of nitrogens with zero attached hydrogens (tertiary/aromatic N) is 2. The number of carbonyl (C=O) groups is 3. The molecule has 3 aliphatic rings. The average molecular weight is 459 g/mol. The Morgan fingerprint density at radius 1 is 1.24 bits per heavy atom. The van der Waals surface area contributed by atoms with Gasteiger partial charge < -0.3 is 24.8 Å². The number of aromatic nitrogens is 1. The first-order valence-electron chi connectivity index (χ1n) is 11.5. The molecule has 9 heteroatoms. The van der Waals surface area contributed by atoms with Crippen molar-refractivity contribution >= 4 is 23.5 Å². The summed E-state index contributed by atoms with van der Waals surface area (Å²) in [6.45, 7) is 13.8. The minimum absolute atomic E-state index is 0.228. The van der Waals surface area contributed by atoms with E-state index in [9.17, 15) is 14.4 Å². The van der Waals surface area contributed by atoms with Crippen molar-refractivity contribution in [3.63, 3.8) is 0 Å². The van der Waals surface area contributed by atoms with Crippen molar-refractivity contribution in [3.8, 4) is 0 Å². The topological polar surface area (TPSA) is 114 Å². The van der Waals surface area contributed by atoms with Crippen molar-refractivity contribution < 1.29 is 23.6 Å². The fourth-order valence-electron chi connectivity index (χ4n) is 5.33. The van der Waals surface area contributed by atoms with E-state index in [2.05, 4.69) is 29.6 Å². The second-order valence-electron chi connectivity index (χ2n) is 11.1. The minimum Gasteiger partial charge on any atom is -0.360 e. The van der Waals surface area contributed by atoms with E-state index < -0.39 is 34.6 Å². The first kappa shape index (κ1) is 23.5. The van der Waals surface area contributed by atoms with E-state index in [1.54, 1.807) is 24.8 Å². The Hall–Kier alpha value is -2.68. The van der Waals surface area contributed by atoms with Crippen molar-refractivity contribution in [2.24, 2.45) is 17.8 Å². The molecule has 33 heavy (non-hydrogen) atoms. The summed E-state index contributed by atoms with van der Waals surface area (Å²) in [5, 5.41) is 9.62. The van der Waals surface area contributed by atoms with Crippen molar-refractivity contribution in [1.82, 2.24) is 15.4 Å². The van der Waals surface area contributed by atoms with Gasteiger partial charge in [-0.3, -0.25) is 14.4 Å². The van der Waals surface area contributed by atoms with Gasteiger partial charge in [-0.15, -0.1) is 0 Å². The molecule has 1 aromatic heterocycles. The molecule has 5 atom stereocenters. The molecule has 0 aromatic carbocycles. The highest BCUT2D eigenvalue weighted by Gasteiger charge is 2.76. The molecule has 180 valence electrons. The number of nitrogens with one attached hydrogen (secondary N) is 2. The fourth-order valence-corrected chi connectivity index (χ4v) is 5.33. The zero-order valence-electron chi connectivity index (χ0n) is 20.4. The molecule has 0 radical (unpaired) electrons. The van der Waals surface area contributed by atoms with Crippen LogP contribution in [0.1, 0.15) is 53.7 Å². The Bertz CT molecular complexity index is 1010. The molecule has 0 saturated carbocycles. The highest BCUT2D eigenvalue weighted by molar-refractivity contribution is 6.03. The first-order valence-corrected chi connectivity index (χ1v) is 11.5. The van der Waals surface area contributed by atoms with Gasteiger partial charge in [0.2, 0.25) is 17.7 Å². The summed E-state index contributed by atoms with van der Waals surface area (Å²) in [7, 11) is 0. The molecule has 4 rings (SSSR count). The molecule has 3 aliphatic heterocycles. The lowest BCUT2D eigenvalue weighted by Gasteiger charge is -2.35. The monoisotopic (exact) mass is 458 g/mol. The molecule has 3 amide bonds. The van der Waals surface area contributed by atoms with Gasteiger partial charge in [0.1, 0.15) is 17.4 Å². The van der Waals surface area contributed by atoms with Gasteiger partial charge in [0.25, 0.3) is 0 Å². The normalized spacial score (nSPS) is 32.5. The highest BCUT2D eigenvalue weighted by atomic mass is 16.5. The Morgan fingerprint density at radius 2 is 1.94 bits per heavy atom. The van der Waals surface area contributed by atoms with E-state index in [1.807, 2.05) is 32.9 Å². The Labute approximate surface area is 194 Å². The highest BCUT2D eigenvalue weighted by Crippen LogP contribution is 2.59. The van der Waals surface area contributed by atoms with Crippen molar-refractivity contribution in [2.45, 2.75) is 77.7 Å². The summed E-state index contributed by atoms with van der Waals surface area (Å²) < 4.78 is 11.5. The number of amides is 3. The smallest absolute Gasteiger partial charge is 0.246 e. The Morgan fingerprint density at radius 3 is 2.52 bits per heavy atom. The van der Waals surface area contributed by atoms with Crippen molar-refractivity contribution in [1.29, 1.82) is 0 Å². The molecule has 2 bridgehead atoms. The molecule has 4 heterocycles. The van der Waals surface area contributed by atoms with Gasteiger partial charge >= 0.3 is 0 Å². The fraction of sp³-hybridized carbons (Fsp3) is 0.667. The van der Waals surface area contributed by atoms with Crippen LogP contribution >= 0.6 is 0 Å². The summed E-state index contributed by atoms with van der Waals surface area (Å²) >= 11 is 0. The third kappa shape index (κ3) is 3.86. The molecule has 2 fully saturated rings. The van der Waals surface area contributed by atoms with Gasteiger partial charge in [-0.05, 0) is 47.0 Å². The number of fused-ring (bicyclic) bond motifs is 1. The van der Waals surface area contributed by atoms with Crippen LogP contribution in [0.5, 0.6) is 0 Å². The van der Waals surface area contributed by atoms with Crippen LogP contribution in [0.4, 0.5) is 5.82 Å². The van der Waals surface area contributed by atoms with Crippen LogP contribution in [0.25, 0.3) is 0 Å². The molecule has 0 aliphatic carbocycles. The van der Waals surface area contributed by atoms with Crippen LogP contribution in [0.2, 0.25) is 0 Å². The lowest BCUT2D eigenvalue weighted by molar-refractivity contribution is -0.144. The predicted molar refractivity (Wildman–Crippen MR) is 121 cm³/mol. The number of aryl methyl sites for hydroxylation is 1. The number of carbonyl (C=O) groups excluding carboxylic acids is 3. The van der Waals surface area contributed by atoms with Gasteiger partial charge in [0.05, 0.1) is 17.4 Å². The molecular weight excluding hydrogens is 424 g/mol. The summed E-state index contributed by atoms with van der Waals surface area (Å²) in [6, 6.07) is 0.767. The summed E-state index contributed by atoms with van der Waals surface area (Å²) in [4.78, 5) is 42.3. The number of hydrogen-bond acceptors (Lipinski definition) is 6. The average Bonchev–Trinajstić information content (AvgIpc) is 3.36. The minimum atomic E-state index is -1.19. The quantitative estimate of drug-likeness (QED) is 0.633. The van der Waals surface area contributed by atoms with E-state index in [-0.39, 0.29) is 23.5 Å². The molecule has 2 saturated heterocycles. The van der Waals surface area contributed by atoms with Gasteiger partial charge in [-0.1, -0.05) is 31.2 Å². The van der Waals surface area contributed by atoms with Crippen molar-refractivity contribution in [2.75, 3.05) is 11.9 Å². The van der Waals surface area contributed by atoms with Crippen LogP contribution in [0.15, 0.2) is 22.7 Å². The first-order chi connectivity index (χ1) is 15.3. The molecule has 9 nitrogen and oxygen atoms in total. The Balaban J connectivity index is 1.71. The maximum Gasteiger partial charge on any atom is 0.246 e. The number of anilines is 1. The molecule has 5 unspecified atom stereocenters. The molecule has 2 N–H and O–H groups in total. The van der Waals surface area contributed by atoms with Gasteiger partial charge in [-0.2, -0.15) is 0 Å². The summed E-state index contributed by atoms with van der Waals surface area (Å²) in [5.74, 6) is -1.29. The number of likely N-dealkylation sites (tertiary alicyclic amines) is 1. The SMILES string of the molecule is Cc1cc(NC(=O)C2C3C(=O)N(CCC(C)C)C(C(=O)NC(C)(C)C)C34C=CC2(C)O4)no1. The maximum absolute atomic E-state index is 13.8. The van der Waals surface area contributed by atoms with E-state index in [4.69, 9.17) is 9.26 Å². The van der Waals surface area contributed by atoms with Gasteiger partial charge in [0, 0.05) is 18.2 Å². The maximum atomic E-state index is 13.8. The second-order valence-corrected chi connectivity index (χ2v) is 11.1. The van der Waals surface area contributed by atoms with E-state index >= 15 is 0 Å². The molecule has 1 spiro atoms. The molecule has 1 aromatic rings. The van der Waals surface area contributed by atoms with Crippen LogP contribution in [0, 0.1) is 24.7 Å². The lowest BCUT2D eigenvalue weighted by Crippen LogP contribution is -2.58. The van der Waals surface area contributed by atoms with Gasteiger partial charge in [-0.25, -0.2) is 0 Å². The van der Waals surface area contributed by atoms with Crippen LogP contribution in [-0.4, -0.2) is 57.1 Å². The van der Waals surface area contributed by atoms with Gasteiger partial charge in [0.15, 0.2) is 5.82 Å². The number of rotatable bonds is 6. The summed E-state index contributed by atoms with van der Waals surface area (Å²) in [6.07, 6.45) is 4.38. The zero-order valence-corrected chi connectivity index (χ0v) is 20.4. The van der Waals surface area contributed by atoms with Crippen LogP contribution in [-0.2, 0) is 19.1 Å². The second kappa shape index (κ2) is 7.68. The largest absolute Gasteiger partial charge is 0.360 e. The third-order valence-corrected chi connectivity index (χ3v) is 6.65. The zero-order chi connectivity index (χ0) is 24.3. The number of hydrogen-bond donors (Lipinski definition) is 2. The van der Waals surface area contributed by atoms with E-state index in [0.717, 1.165) is 6.42 Å². The van der Waals surface area contributed by atoms with Crippen LogP contribution in [0.3, 0.4) is 0 Å². The number of ether oxygens (including phenoxy) is 1. The lowest BCUT2D eigenvalue weighted by atomic mass is 9.70. The van der Waals surface area contributed by atoms with E-state index in [0.29, 0.717) is 18.2 Å². The predicted octanol–water partition coefficient (Wildman–Crippen LogP) is 2.42. The van der Waals surface area contributed by atoms with Crippen molar-refractivity contribution in [3.05, 3.63) is 24.0 Å². The van der Waals surface area contributed by atoms with Crippen LogP contribution < -0.4 is 10.6 Å². The Kier molecular flexibility index (Phi) is 5.47.